The molecule has 4 rings (SSSR count). The van der Waals surface area contributed by atoms with E-state index in [4.69, 9.17) is 0 Å². The first kappa shape index (κ1) is 12.0. The maximum Gasteiger partial charge on any atom is 0.222 e. The minimum Gasteiger partial charge on any atom is -0.353 e. The molecule has 0 aliphatic carbocycles. The van der Waals surface area contributed by atoms with Gasteiger partial charge in [-0.2, -0.15) is 0 Å². The molecule has 8 nitrogen and oxygen atoms in total. The average Bonchev–Trinajstić information content (AvgIpc) is 3.16. The lowest BCUT2D eigenvalue weighted by Gasteiger charge is -2.18. The van der Waals surface area contributed by atoms with E-state index in [2.05, 4.69) is 40.1 Å². The van der Waals surface area contributed by atoms with Crippen molar-refractivity contribution < 1.29 is 0 Å². The van der Waals surface area contributed by atoms with Gasteiger partial charge in [0.25, 0.3) is 0 Å². The molecule has 1 fully saturated rings. The third kappa shape index (κ3) is 2.24. The summed E-state index contributed by atoms with van der Waals surface area (Å²) in [5.41, 5.74) is 1.58. The van der Waals surface area contributed by atoms with Crippen LogP contribution in [0, 0.1) is 0 Å². The molecular formula is C13H14N8. The molecule has 1 aliphatic heterocycles. The zero-order valence-corrected chi connectivity index (χ0v) is 11.3. The summed E-state index contributed by atoms with van der Waals surface area (Å²) in [6, 6.07) is 2.11. The lowest BCUT2D eigenvalue weighted by molar-refractivity contribution is 0.791. The Bertz CT molecular complexity index is 740. The molecule has 106 valence electrons. The van der Waals surface area contributed by atoms with Crippen LogP contribution in [-0.4, -0.2) is 49.0 Å². The zero-order valence-electron chi connectivity index (χ0n) is 11.3. The summed E-state index contributed by atoms with van der Waals surface area (Å²) < 4.78 is 0. The third-order valence-corrected chi connectivity index (χ3v) is 3.59. The van der Waals surface area contributed by atoms with E-state index in [0.29, 0.717) is 17.6 Å². The number of fused-ring (bicyclic) bond motifs is 1. The molecule has 0 spiro atoms. The fourth-order valence-corrected chi connectivity index (χ4v) is 2.62. The van der Waals surface area contributed by atoms with Gasteiger partial charge in [0.15, 0.2) is 11.5 Å². The van der Waals surface area contributed by atoms with Crippen LogP contribution in [0.4, 0.5) is 11.8 Å². The van der Waals surface area contributed by atoms with Crippen molar-refractivity contribution in [3.8, 4) is 0 Å². The van der Waals surface area contributed by atoms with Crippen molar-refractivity contribution in [2.45, 2.75) is 12.5 Å². The highest BCUT2D eigenvalue weighted by Gasteiger charge is 2.25. The minimum absolute atomic E-state index is 0.306. The molecule has 0 aromatic carbocycles. The molecule has 8 heteroatoms. The second-order valence-corrected chi connectivity index (χ2v) is 4.95. The number of hydrogen-bond acceptors (Lipinski definition) is 7. The second kappa shape index (κ2) is 4.97. The molecule has 1 unspecified atom stereocenters. The van der Waals surface area contributed by atoms with Gasteiger partial charge in [-0.25, -0.2) is 24.9 Å². The van der Waals surface area contributed by atoms with Crippen LogP contribution in [0.25, 0.3) is 11.2 Å². The summed E-state index contributed by atoms with van der Waals surface area (Å²) in [6.45, 7) is 1.78. The highest BCUT2D eigenvalue weighted by molar-refractivity contribution is 5.82. The molecule has 1 saturated heterocycles. The van der Waals surface area contributed by atoms with Crippen molar-refractivity contribution in [1.82, 2.24) is 29.9 Å². The fraction of sp³-hybridized carbons (Fsp3) is 0.308. The normalized spacial score (nSPS) is 18.3. The van der Waals surface area contributed by atoms with E-state index in [1.807, 2.05) is 6.07 Å². The Morgan fingerprint density at radius 3 is 2.95 bits per heavy atom. The number of nitrogens with zero attached hydrogens (tertiary/aromatic N) is 6. The lowest BCUT2D eigenvalue weighted by atomic mass is 10.3. The topological polar surface area (TPSA) is 95.5 Å². The molecule has 1 atom stereocenters. The molecule has 1 aliphatic rings. The Morgan fingerprint density at radius 2 is 2.05 bits per heavy atom. The molecular weight excluding hydrogens is 268 g/mol. The van der Waals surface area contributed by atoms with Gasteiger partial charge in [0.05, 0.1) is 6.33 Å². The summed E-state index contributed by atoms with van der Waals surface area (Å²) in [5, 5.41) is 3.35. The van der Waals surface area contributed by atoms with Gasteiger partial charge in [-0.15, -0.1) is 0 Å². The van der Waals surface area contributed by atoms with Gasteiger partial charge >= 0.3 is 0 Å². The third-order valence-electron chi connectivity index (χ3n) is 3.59. The van der Waals surface area contributed by atoms with Crippen molar-refractivity contribution in [1.29, 1.82) is 0 Å². The predicted molar refractivity (Wildman–Crippen MR) is 78.0 cm³/mol. The number of aromatic nitrogens is 6. The molecule has 21 heavy (non-hydrogen) atoms. The molecule has 0 radical (unpaired) electrons. The summed E-state index contributed by atoms with van der Waals surface area (Å²) in [5.74, 6) is 1.56. The molecule has 0 amide bonds. The number of nitrogens with one attached hydrogen (secondary N) is 2. The Morgan fingerprint density at radius 1 is 1.14 bits per heavy atom. The number of anilines is 2. The van der Waals surface area contributed by atoms with Crippen LogP contribution in [0.2, 0.25) is 0 Å². The van der Waals surface area contributed by atoms with Gasteiger partial charge in [0.1, 0.15) is 11.8 Å². The second-order valence-electron chi connectivity index (χ2n) is 4.95. The van der Waals surface area contributed by atoms with Gasteiger partial charge in [0, 0.05) is 31.5 Å². The van der Waals surface area contributed by atoms with Crippen LogP contribution < -0.4 is 10.2 Å². The first-order valence-corrected chi connectivity index (χ1v) is 6.83. The highest BCUT2D eigenvalue weighted by Crippen LogP contribution is 2.24. The Balaban J connectivity index is 1.52. The SMILES string of the molecule is c1cnc(NC2CCN(c3ncnc4nc[nH]c34)C2)nc1. The number of aromatic amines is 1. The lowest BCUT2D eigenvalue weighted by Crippen LogP contribution is -2.27. The smallest absolute Gasteiger partial charge is 0.222 e. The Kier molecular flexibility index (Phi) is 2.84. The summed E-state index contributed by atoms with van der Waals surface area (Å²) >= 11 is 0. The minimum atomic E-state index is 0.306. The largest absolute Gasteiger partial charge is 0.353 e. The highest BCUT2D eigenvalue weighted by atomic mass is 15.3. The monoisotopic (exact) mass is 282 g/mol. The van der Waals surface area contributed by atoms with Crippen molar-refractivity contribution in [2.75, 3.05) is 23.3 Å². The quantitative estimate of drug-likeness (QED) is 0.734. The van der Waals surface area contributed by atoms with E-state index in [-0.39, 0.29) is 0 Å². The van der Waals surface area contributed by atoms with E-state index in [0.717, 1.165) is 30.8 Å². The average molecular weight is 282 g/mol. The molecule has 0 saturated carbocycles. The van der Waals surface area contributed by atoms with Crippen LogP contribution in [-0.2, 0) is 0 Å². The number of H-pyrrole nitrogens is 1. The van der Waals surface area contributed by atoms with Crippen molar-refractivity contribution in [2.24, 2.45) is 0 Å². The first-order chi connectivity index (χ1) is 10.4. The van der Waals surface area contributed by atoms with E-state index in [9.17, 15) is 0 Å². The van der Waals surface area contributed by atoms with Gasteiger partial charge in [0.2, 0.25) is 5.95 Å². The van der Waals surface area contributed by atoms with Crippen molar-refractivity contribution in [3.05, 3.63) is 31.1 Å². The maximum atomic E-state index is 4.39. The van der Waals surface area contributed by atoms with Gasteiger partial charge in [-0.3, -0.25) is 0 Å². The Labute approximate surface area is 120 Å². The Hall–Kier alpha value is -2.77. The van der Waals surface area contributed by atoms with Gasteiger partial charge in [-0.1, -0.05) is 0 Å². The van der Waals surface area contributed by atoms with Gasteiger partial charge in [-0.05, 0) is 12.5 Å². The van der Waals surface area contributed by atoms with Crippen LogP contribution >= 0.6 is 0 Å². The summed E-state index contributed by atoms with van der Waals surface area (Å²) in [4.78, 5) is 26.4. The molecule has 3 aromatic heterocycles. The van der Waals surface area contributed by atoms with Crippen molar-refractivity contribution >= 4 is 22.9 Å². The van der Waals surface area contributed by atoms with Crippen molar-refractivity contribution in [3.63, 3.8) is 0 Å². The summed E-state index contributed by atoms with van der Waals surface area (Å²) in [7, 11) is 0. The van der Waals surface area contributed by atoms with Crippen LogP contribution in [0.1, 0.15) is 6.42 Å². The number of imidazole rings is 1. The molecule has 3 aromatic rings. The van der Waals surface area contributed by atoms with Crippen LogP contribution in [0.15, 0.2) is 31.1 Å². The number of rotatable bonds is 3. The van der Waals surface area contributed by atoms with Crippen LogP contribution in [0.3, 0.4) is 0 Å². The fourth-order valence-electron chi connectivity index (χ4n) is 2.62. The summed E-state index contributed by atoms with van der Waals surface area (Å²) in [6.07, 6.45) is 7.69. The van der Waals surface area contributed by atoms with Crippen LogP contribution in [0.5, 0.6) is 0 Å². The predicted octanol–water partition coefficient (Wildman–Crippen LogP) is 0.834. The van der Waals surface area contributed by atoms with E-state index >= 15 is 0 Å². The standard InChI is InChI=1S/C13H14N8/c1-3-14-13(15-4-1)20-9-2-5-21(6-9)12-10-11(17-7-16-10)18-8-19-12/h1,3-4,7-9H,2,5-6H2,(H,14,15,20)(H,16,17,18,19). The van der Waals surface area contributed by atoms with Gasteiger partial charge < -0.3 is 15.2 Å². The van der Waals surface area contributed by atoms with E-state index in [1.165, 1.54) is 0 Å². The van der Waals surface area contributed by atoms with E-state index < -0.39 is 0 Å². The maximum absolute atomic E-state index is 4.39. The molecule has 0 bridgehead atoms. The zero-order chi connectivity index (χ0) is 14.1. The first-order valence-electron chi connectivity index (χ1n) is 6.83. The number of hydrogen-bond donors (Lipinski definition) is 2. The van der Waals surface area contributed by atoms with E-state index in [1.54, 1.807) is 25.0 Å². The molecule has 4 heterocycles. The molecule has 2 N–H and O–H groups in total.